The van der Waals surface area contributed by atoms with E-state index in [1.165, 1.54) is 114 Å². The summed E-state index contributed by atoms with van der Waals surface area (Å²) in [5.41, 5.74) is 3.70. The van der Waals surface area contributed by atoms with Gasteiger partial charge in [0.25, 0.3) is 0 Å². The molecule has 34 heavy (non-hydrogen) atoms. The van der Waals surface area contributed by atoms with Crippen LogP contribution in [0.25, 0.3) is 0 Å². The zero-order valence-electron chi connectivity index (χ0n) is 22.3. The van der Waals surface area contributed by atoms with Crippen molar-refractivity contribution < 1.29 is 9.13 Å². The zero-order valence-corrected chi connectivity index (χ0v) is 22.3. The van der Waals surface area contributed by atoms with Gasteiger partial charge in [-0.2, -0.15) is 0 Å². The first-order valence-electron chi connectivity index (χ1n) is 15.1. The van der Waals surface area contributed by atoms with Gasteiger partial charge in [0, 0.05) is 6.61 Å². The average molecular weight is 471 g/mol. The smallest absolute Gasteiger partial charge is 0.126 e. The zero-order chi connectivity index (χ0) is 23.8. The van der Waals surface area contributed by atoms with Crippen molar-refractivity contribution in [3.63, 3.8) is 0 Å². The van der Waals surface area contributed by atoms with Crippen LogP contribution < -0.4 is 0 Å². The summed E-state index contributed by atoms with van der Waals surface area (Å²) < 4.78 is 21.5. The lowest BCUT2D eigenvalue weighted by Gasteiger charge is -2.42. The molecule has 0 amide bonds. The van der Waals surface area contributed by atoms with Crippen molar-refractivity contribution in [1.82, 2.24) is 0 Å². The molecule has 2 heteroatoms. The third kappa shape index (κ3) is 7.08. The maximum Gasteiger partial charge on any atom is 0.126 e. The van der Waals surface area contributed by atoms with E-state index in [4.69, 9.17) is 4.74 Å². The molecule has 1 aromatic carbocycles. The molecular formula is C32H51FO. The topological polar surface area (TPSA) is 9.23 Å². The fourth-order valence-electron chi connectivity index (χ4n) is 7.34. The van der Waals surface area contributed by atoms with E-state index in [2.05, 4.69) is 19.9 Å². The Kier molecular flexibility index (Phi) is 10.3. The second kappa shape index (κ2) is 13.4. The number of halogens is 1. The molecule has 3 aliphatic rings. The summed E-state index contributed by atoms with van der Waals surface area (Å²) in [7, 11) is 0. The van der Waals surface area contributed by atoms with E-state index in [9.17, 15) is 0 Å². The fraction of sp³-hybridized carbons (Fsp3) is 0.812. The Morgan fingerprint density at radius 3 is 2.41 bits per heavy atom. The summed E-state index contributed by atoms with van der Waals surface area (Å²) in [4.78, 5) is 0. The van der Waals surface area contributed by atoms with Crippen molar-refractivity contribution in [3.8, 4) is 0 Å². The minimum absolute atomic E-state index is 0.105. The Morgan fingerprint density at radius 2 is 1.59 bits per heavy atom. The molecule has 2 fully saturated rings. The van der Waals surface area contributed by atoms with Crippen LogP contribution in [0.1, 0.15) is 139 Å². The van der Waals surface area contributed by atoms with Gasteiger partial charge >= 0.3 is 0 Å². The quantitative estimate of drug-likeness (QED) is 0.276. The molecule has 0 N–H and O–H groups in total. The number of rotatable bonds is 12. The van der Waals surface area contributed by atoms with Crippen molar-refractivity contribution in [2.75, 3.05) is 6.61 Å². The van der Waals surface area contributed by atoms with Crippen LogP contribution in [0.15, 0.2) is 12.1 Å². The number of hydrogen-bond acceptors (Lipinski definition) is 1. The van der Waals surface area contributed by atoms with Crippen molar-refractivity contribution in [3.05, 3.63) is 34.6 Å². The molecule has 0 aromatic heterocycles. The van der Waals surface area contributed by atoms with E-state index in [-0.39, 0.29) is 5.82 Å². The SMILES string of the molecule is CCCCCCOC1CCC2CC(c3cc(F)c4c(c3)CCC(CCCCCC)C4)CCC2C1. The normalized spacial score (nSPS) is 29.0. The Balaban J connectivity index is 1.27. The Bertz CT molecular complexity index is 743. The third-order valence-corrected chi connectivity index (χ3v) is 9.48. The lowest BCUT2D eigenvalue weighted by atomic mass is 9.65. The van der Waals surface area contributed by atoms with Crippen molar-refractivity contribution in [2.24, 2.45) is 17.8 Å². The van der Waals surface area contributed by atoms with E-state index in [1.807, 2.05) is 6.07 Å². The van der Waals surface area contributed by atoms with Gasteiger partial charge in [0.15, 0.2) is 0 Å². The van der Waals surface area contributed by atoms with Crippen LogP contribution in [0.5, 0.6) is 0 Å². The van der Waals surface area contributed by atoms with Crippen LogP contribution in [0.2, 0.25) is 0 Å². The largest absolute Gasteiger partial charge is 0.378 e. The fourth-order valence-corrected chi connectivity index (χ4v) is 7.34. The number of aryl methyl sites for hydroxylation is 1. The number of hydrogen-bond donors (Lipinski definition) is 0. The molecule has 0 radical (unpaired) electrons. The van der Waals surface area contributed by atoms with Gasteiger partial charge in [0.1, 0.15) is 5.82 Å². The van der Waals surface area contributed by atoms with Gasteiger partial charge in [-0.25, -0.2) is 4.39 Å². The molecule has 5 unspecified atom stereocenters. The van der Waals surface area contributed by atoms with Gasteiger partial charge in [-0.1, -0.05) is 71.3 Å². The summed E-state index contributed by atoms with van der Waals surface area (Å²) >= 11 is 0. The second-order valence-corrected chi connectivity index (χ2v) is 12.0. The number of fused-ring (bicyclic) bond motifs is 2. The molecular weight excluding hydrogens is 419 g/mol. The van der Waals surface area contributed by atoms with Crippen LogP contribution in [0.3, 0.4) is 0 Å². The maximum atomic E-state index is 15.3. The highest BCUT2D eigenvalue weighted by Crippen LogP contribution is 2.47. The predicted molar refractivity (Wildman–Crippen MR) is 142 cm³/mol. The summed E-state index contributed by atoms with van der Waals surface area (Å²) in [5.74, 6) is 3.03. The summed E-state index contributed by atoms with van der Waals surface area (Å²) in [6.07, 6.45) is 23.2. The van der Waals surface area contributed by atoms with E-state index in [0.717, 1.165) is 36.8 Å². The van der Waals surface area contributed by atoms with Gasteiger partial charge in [-0.15, -0.1) is 0 Å². The molecule has 3 aliphatic carbocycles. The molecule has 1 nitrogen and oxygen atoms in total. The summed E-state index contributed by atoms with van der Waals surface area (Å²) in [6.45, 7) is 5.49. The minimum Gasteiger partial charge on any atom is -0.378 e. The first kappa shape index (κ1) is 26.2. The highest BCUT2D eigenvalue weighted by Gasteiger charge is 2.37. The first-order chi connectivity index (χ1) is 16.7. The molecule has 0 aliphatic heterocycles. The van der Waals surface area contributed by atoms with Gasteiger partial charge in [0.05, 0.1) is 6.10 Å². The Hall–Kier alpha value is -0.890. The number of benzene rings is 1. The van der Waals surface area contributed by atoms with Crippen molar-refractivity contribution in [2.45, 2.75) is 141 Å². The molecule has 192 valence electrons. The van der Waals surface area contributed by atoms with Crippen LogP contribution in [-0.4, -0.2) is 12.7 Å². The van der Waals surface area contributed by atoms with Crippen LogP contribution in [-0.2, 0) is 17.6 Å². The molecule has 5 atom stereocenters. The molecule has 4 rings (SSSR count). The highest BCUT2D eigenvalue weighted by molar-refractivity contribution is 5.37. The third-order valence-electron chi connectivity index (χ3n) is 9.48. The lowest BCUT2D eigenvalue weighted by molar-refractivity contribution is -0.0163. The molecule has 1 aromatic rings. The minimum atomic E-state index is 0.105. The van der Waals surface area contributed by atoms with Gasteiger partial charge < -0.3 is 4.74 Å². The van der Waals surface area contributed by atoms with Gasteiger partial charge in [0.2, 0.25) is 0 Å². The van der Waals surface area contributed by atoms with E-state index >= 15 is 4.39 Å². The summed E-state index contributed by atoms with van der Waals surface area (Å²) in [5, 5.41) is 0. The lowest BCUT2D eigenvalue weighted by Crippen LogP contribution is -2.34. The monoisotopic (exact) mass is 470 g/mol. The number of ether oxygens (including phenoxy) is 1. The van der Waals surface area contributed by atoms with Crippen LogP contribution in [0.4, 0.5) is 4.39 Å². The van der Waals surface area contributed by atoms with Gasteiger partial charge in [-0.3, -0.25) is 0 Å². The maximum absolute atomic E-state index is 15.3. The molecule has 0 bridgehead atoms. The van der Waals surface area contributed by atoms with Gasteiger partial charge in [-0.05, 0) is 111 Å². The van der Waals surface area contributed by atoms with Crippen LogP contribution >= 0.6 is 0 Å². The molecule has 2 saturated carbocycles. The molecule has 0 heterocycles. The van der Waals surface area contributed by atoms with Crippen molar-refractivity contribution >= 4 is 0 Å². The average Bonchev–Trinajstić information content (AvgIpc) is 2.86. The highest BCUT2D eigenvalue weighted by atomic mass is 19.1. The van der Waals surface area contributed by atoms with Crippen molar-refractivity contribution in [1.29, 1.82) is 0 Å². The predicted octanol–water partition coefficient (Wildman–Crippen LogP) is 9.55. The Morgan fingerprint density at radius 1 is 0.824 bits per heavy atom. The Labute approximate surface area is 209 Å². The van der Waals surface area contributed by atoms with E-state index in [1.54, 1.807) is 0 Å². The number of unbranched alkanes of at least 4 members (excludes halogenated alkanes) is 6. The first-order valence-corrected chi connectivity index (χ1v) is 15.1. The second-order valence-electron chi connectivity index (χ2n) is 12.0. The van der Waals surface area contributed by atoms with E-state index < -0.39 is 0 Å². The molecule has 0 saturated heterocycles. The van der Waals surface area contributed by atoms with Crippen LogP contribution in [0, 0.1) is 23.6 Å². The standard InChI is InChI=1S/C32H51FO/c1-3-5-7-9-11-24-12-13-28-21-29(23-32(33)31(28)19-24)26-14-15-27-22-30(17-16-25(27)20-26)34-18-10-8-6-4-2/h21,23-27,30H,3-20,22H2,1-2H3. The molecule has 0 spiro atoms. The van der Waals surface area contributed by atoms with E-state index in [0.29, 0.717) is 17.9 Å². The summed E-state index contributed by atoms with van der Waals surface area (Å²) in [6, 6.07) is 4.36.